The lowest BCUT2D eigenvalue weighted by molar-refractivity contribution is 0.0382. The Labute approximate surface area is 169 Å². The van der Waals surface area contributed by atoms with Gasteiger partial charge in [-0.15, -0.1) is 0 Å². The van der Waals surface area contributed by atoms with Gasteiger partial charge in [-0.3, -0.25) is 14.9 Å². The minimum absolute atomic E-state index is 0.778. The number of aromatic nitrogens is 4. The third-order valence-electron chi connectivity index (χ3n) is 5.47. The minimum Gasteiger partial charge on any atom is -0.379 e. The molecule has 2 aliphatic heterocycles. The van der Waals surface area contributed by atoms with Crippen molar-refractivity contribution in [3.8, 4) is 11.1 Å². The van der Waals surface area contributed by atoms with Gasteiger partial charge < -0.3 is 10.1 Å². The van der Waals surface area contributed by atoms with E-state index in [9.17, 15) is 0 Å². The van der Waals surface area contributed by atoms with Gasteiger partial charge in [-0.2, -0.15) is 5.10 Å². The summed E-state index contributed by atoms with van der Waals surface area (Å²) in [6.45, 7) is 8.21. The van der Waals surface area contributed by atoms with Crippen LogP contribution in [0.15, 0.2) is 35.6 Å². The van der Waals surface area contributed by atoms with Crippen molar-refractivity contribution in [2.45, 2.75) is 13.3 Å². The van der Waals surface area contributed by atoms with Crippen LogP contribution in [0.4, 0.5) is 0 Å². The maximum Gasteiger partial charge on any atom is 0.167 e. The predicted molar refractivity (Wildman–Crippen MR) is 111 cm³/mol. The molecule has 0 atom stereocenters. The molecular formula is C21H25N7O. The van der Waals surface area contributed by atoms with Crippen LogP contribution in [0.5, 0.6) is 0 Å². The Kier molecular flexibility index (Phi) is 4.95. The summed E-state index contributed by atoms with van der Waals surface area (Å²) >= 11 is 0. The van der Waals surface area contributed by atoms with E-state index in [1.165, 1.54) is 0 Å². The van der Waals surface area contributed by atoms with Crippen LogP contribution in [-0.2, 0) is 11.2 Å². The fourth-order valence-electron chi connectivity index (χ4n) is 3.96. The molecule has 1 saturated heterocycles. The molecule has 0 spiro atoms. The lowest BCUT2D eigenvalue weighted by Crippen LogP contribution is -2.37. The lowest BCUT2D eigenvalue weighted by atomic mass is 10.0. The number of hydrogen-bond donors (Lipinski definition) is 1. The molecule has 29 heavy (non-hydrogen) atoms. The van der Waals surface area contributed by atoms with Crippen LogP contribution in [-0.4, -0.2) is 76.3 Å². The van der Waals surface area contributed by atoms with E-state index in [2.05, 4.69) is 39.2 Å². The summed E-state index contributed by atoms with van der Waals surface area (Å²) in [4.78, 5) is 16.3. The van der Waals surface area contributed by atoms with Crippen LogP contribution >= 0.6 is 0 Å². The van der Waals surface area contributed by atoms with E-state index >= 15 is 0 Å². The molecular weight excluding hydrogens is 366 g/mol. The fraction of sp³-hybridized carbons (Fsp3) is 0.429. The highest BCUT2D eigenvalue weighted by molar-refractivity contribution is 6.10. The molecule has 8 nitrogen and oxygen atoms in total. The Hall–Kier alpha value is -2.84. The van der Waals surface area contributed by atoms with Crippen molar-refractivity contribution in [1.29, 1.82) is 0 Å². The Bertz CT molecular complexity index is 1040. The van der Waals surface area contributed by atoms with E-state index in [1.54, 1.807) is 6.20 Å². The molecule has 8 heteroatoms. The number of aryl methyl sites for hydroxylation is 1. The average molecular weight is 391 g/mol. The first-order valence-corrected chi connectivity index (χ1v) is 10.2. The second-order valence-electron chi connectivity index (χ2n) is 7.44. The average Bonchev–Trinajstić information content (AvgIpc) is 3.44. The number of morpholine rings is 1. The van der Waals surface area contributed by atoms with Crippen molar-refractivity contribution < 1.29 is 4.74 Å². The van der Waals surface area contributed by atoms with Crippen LogP contribution < -0.4 is 5.32 Å². The van der Waals surface area contributed by atoms with E-state index in [0.717, 1.165) is 92.0 Å². The molecule has 5 heterocycles. The lowest BCUT2D eigenvalue weighted by Gasteiger charge is -2.25. The number of ether oxygens (including phenoxy) is 1. The summed E-state index contributed by atoms with van der Waals surface area (Å²) < 4.78 is 7.39. The zero-order chi connectivity index (χ0) is 19.6. The number of hydrogen-bond acceptors (Lipinski definition) is 7. The predicted octanol–water partition coefficient (Wildman–Crippen LogP) is 1.32. The van der Waals surface area contributed by atoms with Crippen molar-refractivity contribution in [2.24, 2.45) is 4.99 Å². The minimum atomic E-state index is 0.778. The zero-order valence-corrected chi connectivity index (χ0v) is 16.6. The molecule has 2 aliphatic rings. The van der Waals surface area contributed by atoms with Gasteiger partial charge in [0.05, 0.1) is 25.3 Å². The largest absolute Gasteiger partial charge is 0.379 e. The Balaban J connectivity index is 1.56. The highest BCUT2D eigenvalue weighted by Crippen LogP contribution is 2.28. The Morgan fingerprint density at radius 1 is 1.24 bits per heavy atom. The summed E-state index contributed by atoms with van der Waals surface area (Å²) in [5, 5.41) is 8.23. The number of nitrogens with zero attached hydrogens (tertiary/aromatic N) is 6. The molecule has 0 aliphatic carbocycles. The third kappa shape index (κ3) is 3.61. The quantitative estimate of drug-likeness (QED) is 0.707. The summed E-state index contributed by atoms with van der Waals surface area (Å²) in [5.74, 6) is 1.75. The van der Waals surface area contributed by atoms with E-state index in [1.807, 2.05) is 16.8 Å². The molecule has 1 fully saturated rings. The highest BCUT2D eigenvalue weighted by atomic mass is 16.5. The van der Waals surface area contributed by atoms with Gasteiger partial charge in [0, 0.05) is 56.3 Å². The van der Waals surface area contributed by atoms with E-state index in [4.69, 9.17) is 14.8 Å². The van der Waals surface area contributed by atoms with Gasteiger partial charge in [-0.25, -0.2) is 9.50 Å². The highest BCUT2D eigenvalue weighted by Gasteiger charge is 2.22. The maximum absolute atomic E-state index is 5.44. The van der Waals surface area contributed by atoms with Crippen LogP contribution in [0.25, 0.3) is 16.8 Å². The van der Waals surface area contributed by atoms with Gasteiger partial charge in [0.1, 0.15) is 5.84 Å². The standard InChI is InChI=1S/C21H25N7O/c1-15-13-17(16-3-2-5-22-14-16)19(20-23-6-7-24-20)21-25-18(26-28(15)21)4-8-27-9-11-29-12-10-27/h2-3,5,13-14H,4,6-12H2,1H3,(H,23,24). The van der Waals surface area contributed by atoms with Gasteiger partial charge in [-0.05, 0) is 24.6 Å². The maximum atomic E-state index is 5.44. The molecule has 5 rings (SSSR count). The van der Waals surface area contributed by atoms with E-state index < -0.39 is 0 Å². The first-order valence-electron chi connectivity index (χ1n) is 10.2. The number of fused-ring (bicyclic) bond motifs is 1. The van der Waals surface area contributed by atoms with Gasteiger partial charge in [0.25, 0.3) is 0 Å². The van der Waals surface area contributed by atoms with Crippen molar-refractivity contribution in [3.05, 3.63) is 47.7 Å². The normalized spacial score (nSPS) is 17.5. The summed E-state index contributed by atoms with van der Waals surface area (Å²) in [6, 6.07) is 6.19. The zero-order valence-electron chi connectivity index (χ0n) is 16.6. The smallest absolute Gasteiger partial charge is 0.167 e. The summed E-state index contributed by atoms with van der Waals surface area (Å²) in [7, 11) is 0. The molecule has 3 aromatic heterocycles. The van der Waals surface area contributed by atoms with Gasteiger partial charge in [0.15, 0.2) is 11.5 Å². The SMILES string of the molecule is Cc1cc(-c2cccnc2)c(C2=NCCN2)c2nc(CCN3CCOCC3)nn12. The second kappa shape index (κ2) is 7.88. The molecule has 0 saturated carbocycles. The first-order chi connectivity index (χ1) is 14.3. The molecule has 150 valence electrons. The molecule has 0 unspecified atom stereocenters. The third-order valence-corrected chi connectivity index (χ3v) is 5.47. The van der Waals surface area contributed by atoms with Crippen LogP contribution in [0.3, 0.4) is 0 Å². The molecule has 1 N–H and O–H groups in total. The second-order valence-corrected chi connectivity index (χ2v) is 7.44. The number of amidine groups is 1. The summed E-state index contributed by atoms with van der Waals surface area (Å²) in [5.41, 5.74) is 5.05. The van der Waals surface area contributed by atoms with Gasteiger partial charge in [-0.1, -0.05) is 6.07 Å². The van der Waals surface area contributed by atoms with Crippen molar-refractivity contribution in [2.75, 3.05) is 45.9 Å². The van der Waals surface area contributed by atoms with Gasteiger partial charge in [0.2, 0.25) is 0 Å². The van der Waals surface area contributed by atoms with Crippen molar-refractivity contribution >= 4 is 11.5 Å². The van der Waals surface area contributed by atoms with Crippen LogP contribution in [0.1, 0.15) is 17.1 Å². The fourth-order valence-corrected chi connectivity index (χ4v) is 3.96. The first kappa shape index (κ1) is 18.2. The Morgan fingerprint density at radius 2 is 2.14 bits per heavy atom. The van der Waals surface area contributed by atoms with Gasteiger partial charge >= 0.3 is 0 Å². The monoisotopic (exact) mass is 391 g/mol. The van der Waals surface area contributed by atoms with Crippen molar-refractivity contribution in [1.82, 2.24) is 29.8 Å². The molecule has 0 amide bonds. The Morgan fingerprint density at radius 3 is 2.90 bits per heavy atom. The van der Waals surface area contributed by atoms with Crippen molar-refractivity contribution in [3.63, 3.8) is 0 Å². The number of nitrogens with one attached hydrogen (secondary N) is 1. The molecule has 0 aromatic carbocycles. The van der Waals surface area contributed by atoms with Crippen LogP contribution in [0, 0.1) is 6.92 Å². The number of rotatable bonds is 5. The van der Waals surface area contributed by atoms with E-state index in [0.29, 0.717) is 0 Å². The molecule has 0 radical (unpaired) electrons. The summed E-state index contributed by atoms with van der Waals surface area (Å²) in [6.07, 6.45) is 4.50. The number of aliphatic imine (C=N–C) groups is 1. The topological polar surface area (TPSA) is 79.9 Å². The van der Waals surface area contributed by atoms with E-state index in [-0.39, 0.29) is 0 Å². The van der Waals surface area contributed by atoms with Crippen LogP contribution in [0.2, 0.25) is 0 Å². The number of pyridine rings is 2. The molecule has 0 bridgehead atoms. The molecule has 3 aromatic rings.